The Balaban J connectivity index is 2.37. The van der Waals surface area contributed by atoms with Crippen LogP contribution < -0.4 is 5.32 Å². The van der Waals surface area contributed by atoms with E-state index in [1.54, 1.807) is 0 Å². The number of hydrogen-bond donors (Lipinski definition) is 1. The van der Waals surface area contributed by atoms with E-state index in [2.05, 4.69) is 21.2 Å². The number of aryl methyl sites for hydroxylation is 1. The van der Waals surface area contributed by atoms with E-state index in [1.165, 1.54) is 5.56 Å². The predicted molar refractivity (Wildman–Crippen MR) is 66.3 cm³/mol. The Morgan fingerprint density at radius 3 is 2.93 bits per heavy atom. The molecule has 82 valence electrons. The summed E-state index contributed by atoms with van der Waals surface area (Å²) in [6.07, 6.45) is 1.45. The quantitative estimate of drug-likeness (QED) is 0.646. The van der Waals surface area contributed by atoms with Crippen LogP contribution in [0.4, 0.5) is 0 Å². The maximum atomic E-state index is 11.5. The van der Waals surface area contributed by atoms with E-state index in [1.807, 2.05) is 31.2 Å². The molecule has 1 N–H and O–H groups in total. The SMILES string of the molecule is Cc1cccc(CC(=O)NCCCBr)c1. The highest BCUT2D eigenvalue weighted by atomic mass is 79.9. The summed E-state index contributed by atoms with van der Waals surface area (Å²) < 4.78 is 0. The van der Waals surface area contributed by atoms with E-state index >= 15 is 0 Å². The third-order valence-corrected chi connectivity index (χ3v) is 2.64. The van der Waals surface area contributed by atoms with Crippen LogP contribution in [0.5, 0.6) is 0 Å². The van der Waals surface area contributed by atoms with Crippen LogP contribution >= 0.6 is 15.9 Å². The lowest BCUT2D eigenvalue weighted by Gasteiger charge is -2.04. The van der Waals surface area contributed by atoms with Crippen LogP contribution in [-0.2, 0) is 11.2 Å². The van der Waals surface area contributed by atoms with Gasteiger partial charge in [-0.25, -0.2) is 0 Å². The standard InChI is InChI=1S/C12H16BrNO/c1-10-4-2-5-11(8-10)9-12(15)14-7-3-6-13/h2,4-5,8H,3,6-7,9H2,1H3,(H,14,15). The third-order valence-electron chi connectivity index (χ3n) is 2.08. The molecule has 1 aromatic carbocycles. The maximum absolute atomic E-state index is 11.5. The van der Waals surface area contributed by atoms with E-state index in [4.69, 9.17) is 0 Å². The van der Waals surface area contributed by atoms with E-state index in [-0.39, 0.29) is 5.91 Å². The zero-order chi connectivity index (χ0) is 11.1. The number of amides is 1. The molecule has 0 aromatic heterocycles. The highest BCUT2D eigenvalue weighted by Gasteiger charge is 2.02. The lowest BCUT2D eigenvalue weighted by molar-refractivity contribution is -0.120. The number of alkyl halides is 1. The average molecular weight is 270 g/mol. The summed E-state index contributed by atoms with van der Waals surface area (Å²) in [5, 5.41) is 3.81. The fourth-order valence-corrected chi connectivity index (χ4v) is 1.64. The molecule has 2 nitrogen and oxygen atoms in total. The normalized spacial score (nSPS) is 10.0. The number of carbonyl (C=O) groups is 1. The van der Waals surface area contributed by atoms with Crippen molar-refractivity contribution in [3.05, 3.63) is 35.4 Å². The van der Waals surface area contributed by atoms with Gasteiger partial charge < -0.3 is 5.32 Å². The molecule has 0 fully saturated rings. The topological polar surface area (TPSA) is 29.1 Å². The summed E-state index contributed by atoms with van der Waals surface area (Å²) in [5.74, 6) is 0.0987. The number of halogens is 1. The van der Waals surface area contributed by atoms with Gasteiger partial charge in [-0.05, 0) is 18.9 Å². The van der Waals surface area contributed by atoms with E-state index in [0.717, 1.165) is 23.9 Å². The minimum atomic E-state index is 0.0987. The first-order valence-corrected chi connectivity index (χ1v) is 6.22. The Morgan fingerprint density at radius 2 is 2.27 bits per heavy atom. The molecule has 0 aliphatic carbocycles. The first-order chi connectivity index (χ1) is 7.22. The van der Waals surface area contributed by atoms with Crippen molar-refractivity contribution < 1.29 is 4.79 Å². The lowest BCUT2D eigenvalue weighted by Crippen LogP contribution is -2.26. The fraction of sp³-hybridized carbons (Fsp3) is 0.417. The molecular weight excluding hydrogens is 254 g/mol. The highest BCUT2D eigenvalue weighted by Crippen LogP contribution is 2.04. The van der Waals surface area contributed by atoms with Crippen LogP contribution in [0.15, 0.2) is 24.3 Å². The van der Waals surface area contributed by atoms with Crippen LogP contribution in [0, 0.1) is 6.92 Å². The second-order valence-electron chi connectivity index (χ2n) is 3.56. The van der Waals surface area contributed by atoms with Crippen molar-refractivity contribution in [3.63, 3.8) is 0 Å². The Hall–Kier alpha value is -0.830. The summed E-state index contributed by atoms with van der Waals surface area (Å²) >= 11 is 3.32. The third kappa shape index (κ3) is 4.98. The summed E-state index contributed by atoms with van der Waals surface area (Å²) in [4.78, 5) is 11.5. The van der Waals surface area contributed by atoms with Gasteiger partial charge in [0.2, 0.25) is 5.91 Å². The number of hydrogen-bond acceptors (Lipinski definition) is 1. The zero-order valence-electron chi connectivity index (χ0n) is 8.92. The van der Waals surface area contributed by atoms with Gasteiger partial charge in [-0.2, -0.15) is 0 Å². The Kier molecular flexibility index (Phi) is 5.40. The van der Waals surface area contributed by atoms with Gasteiger partial charge in [0.1, 0.15) is 0 Å². The predicted octanol–water partition coefficient (Wildman–Crippen LogP) is 2.44. The molecule has 15 heavy (non-hydrogen) atoms. The van der Waals surface area contributed by atoms with Crippen LogP contribution in [0.25, 0.3) is 0 Å². The monoisotopic (exact) mass is 269 g/mol. The van der Waals surface area contributed by atoms with E-state index in [0.29, 0.717) is 6.42 Å². The molecule has 0 aliphatic heterocycles. The van der Waals surface area contributed by atoms with Crippen molar-refractivity contribution in [2.75, 3.05) is 11.9 Å². The van der Waals surface area contributed by atoms with Crippen LogP contribution in [0.1, 0.15) is 17.5 Å². The van der Waals surface area contributed by atoms with Crippen molar-refractivity contribution >= 4 is 21.8 Å². The molecule has 0 bridgehead atoms. The summed E-state index contributed by atoms with van der Waals surface area (Å²) in [5.41, 5.74) is 2.27. The smallest absolute Gasteiger partial charge is 0.224 e. The molecule has 0 saturated heterocycles. The molecule has 0 aliphatic rings. The van der Waals surface area contributed by atoms with Crippen LogP contribution in [-0.4, -0.2) is 17.8 Å². The second-order valence-corrected chi connectivity index (χ2v) is 4.35. The summed E-state index contributed by atoms with van der Waals surface area (Å²) in [6.45, 7) is 2.78. The van der Waals surface area contributed by atoms with Gasteiger partial charge in [-0.3, -0.25) is 4.79 Å². The van der Waals surface area contributed by atoms with Gasteiger partial charge in [-0.1, -0.05) is 45.8 Å². The van der Waals surface area contributed by atoms with Crippen molar-refractivity contribution in [2.24, 2.45) is 0 Å². The summed E-state index contributed by atoms with van der Waals surface area (Å²) in [7, 11) is 0. The first-order valence-electron chi connectivity index (χ1n) is 5.10. The minimum Gasteiger partial charge on any atom is -0.356 e. The molecule has 0 radical (unpaired) electrons. The van der Waals surface area contributed by atoms with Crippen molar-refractivity contribution in [2.45, 2.75) is 19.8 Å². The van der Waals surface area contributed by atoms with Gasteiger partial charge in [0.05, 0.1) is 6.42 Å². The molecule has 1 aromatic rings. The molecule has 0 unspecified atom stereocenters. The van der Waals surface area contributed by atoms with Crippen molar-refractivity contribution in [1.29, 1.82) is 0 Å². The highest BCUT2D eigenvalue weighted by molar-refractivity contribution is 9.09. The Bertz CT molecular complexity index is 325. The molecule has 0 spiro atoms. The van der Waals surface area contributed by atoms with Crippen LogP contribution in [0.2, 0.25) is 0 Å². The maximum Gasteiger partial charge on any atom is 0.224 e. The van der Waals surface area contributed by atoms with E-state index in [9.17, 15) is 4.79 Å². The molecular formula is C12H16BrNO. The Morgan fingerprint density at radius 1 is 1.47 bits per heavy atom. The van der Waals surface area contributed by atoms with Gasteiger partial charge in [0.15, 0.2) is 0 Å². The van der Waals surface area contributed by atoms with Gasteiger partial charge in [-0.15, -0.1) is 0 Å². The lowest BCUT2D eigenvalue weighted by atomic mass is 10.1. The second kappa shape index (κ2) is 6.62. The number of rotatable bonds is 5. The van der Waals surface area contributed by atoms with Gasteiger partial charge >= 0.3 is 0 Å². The Labute approximate surface area is 99.2 Å². The van der Waals surface area contributed by atoms with Gasteiger partial charge in [0.25, 0.3) is 0 Å². The molecule has 0 atom stereocenters. The molecule has 1 amide bonds. The molecule has 1 rings (SSSR count). The molecule has 3 heteroatoms. The zero-order valence-corrected chi connectivity index (χ0v) is 10.5. The van der Waals surface area contributed by atoms with E-state index < -0.39 is 0 Å². The van der Waals surface area contributed by atoms with Crippen molar-refractivity contribution in [3.8, 4) is 0 Å². The summed E-state index contributed by atoms with van der Waals surface area (Å²) in [6, 6.07) is 8.05. The van der Waals surface area contributed by atoms with Crippen molar-refractivity contribution in [1.82, 2.24) is 5.32 Å². The minimum absolute atomic E-state index is 0.0987. The largest absolute Gasteiger partial charge is 0.356 e. The fourth-order valence-electron chi connectivity index (χ4n) is 1.36. The van der Waals surface area contributed by atoms with Crippen LogP contribution in [0.3, 0.4) is 0 Å². The average Bonchev–Trinajstić information content (AvgIpc) is 2.18. The number of nitrogens with one attached hydrogen (secondary N) is 1. The number of carbonyl (C=O) groups excluding carboxylic acids is 1. The van der Waals surface area contributed by atoms with Gasteiger partial charge in [0, 0.05) is 11.9 Å². The molecule has 0 saturated carbocycles. The molecule has 0 heterocycles. The number of benzene rings is 1. The first kappa shape index (κ1) is 12.2.